The van der Waals surface area contributed by atoms with Crippen molar-refractivity contribution in [2.24, 2.45) is 5.92 Å². The van der Waals surface area contributed by atoms with Crippen molar-refractivity contribution >= 4 is 5.91 Å². The Labute approximate surface area is 131 Å². The summed E-state index contributed by atoms with van der Waals surface area (Å²) in [6, 6.07) is 17.5. The molecule has 0 saturated heterocycles. The Morgan fingerprint density at radius 2 is 1.77 bits per heavy atom. The maximum absolute atomic E-state index is 12.9. The van der Waals surface area contributed by atoms with Crippen LogP contribution in [0.2, 0.25) is 0 Å². The van der Waals surface area contributed by atoms with Gasteiger partial charge in [0.25, 0.3) is 5.91 Å². The predicted octanol–water partition coefficient (Wildman–Crippen LogP) is 3.20. The zero-order valence-corrected chi connectivity index (χ0v) is 12.8. The zero-order valence-electron chi connectivity index (χ0n) is 12.8. The standard InChI is InChI=1S/C19H21NO2/c1-20(18(13-21)15-11-12-15)19(22)17-10-6-5-9-16(17)14-7-3-2-4-8-14/h2-10,15,18,21H,11-13H2,1H3. The first-order valence-electron chi connectivity index (χ1n) is 7.75. The van der Waals surface area contributed by atoms with E-state index in [4.69, 9.17) is 0 Å². The molecule has 0 aliphatic heterocycles. The second kappa shape index (κ2) is 6.32. The normalized spacial score (nSPS) is 15.4. The van der Waals surface area contributed by atoms with Crippen LogP contribution in [0.3, 0.4) is 0 Å². The maximum atomic E-state index is 12.9. The molecule has 1 N–H and O–H groups in total. The lowest BCUT2D eigenvalue weighted by Gasteiger charge is -2.27. The number of carbonyl (C=O) groups excluding carboxylic acids is 1. The minimum atomic E-state index is -0.0728. The summed E-state index contributed by atoms with van der Waals surface area (Å²) in [4.78, 5) is 14.6. The molecule has 1 fully saturated rings. The number of amides is 1. The molecule has 3 heteroatoms. The van der Waals surface area contributed by atoms with Crippen molar-refractivity contribution in [3.8, 4) is 11.1 Å². The van der Waals surface area contributed by atoms with Crippen LogP contribution in [0.5, 0.6) is 0 Å². The van der Waals surface area contributed by atoms with Crippen LogP contribution < -0.4 is 0 Å². The summed E-state index contributed by atoms with van der Waals surface area (Å²) >= 11 is 0. The highest BCUT2D eigenvalue weighted by molar-refractivity contribution is 6.00. The Hall–Kier alpha value is -2.13. The van der Waals surface area contributed by atoms with E-state index in [-0.39, 0.29) is 18.6 Å². The molecule has 1 aliphatic carbocycles. The zero-order chi connectivity index (χ0) is 15.5. The molecule has 1 saturated carbocycles. The first kappa shape index (κ1) is 14.8. The van der Waals surface area contributed by atoms with Gasteiger partial charge in [-0.15, -0.1) is 0 Å². The molecule has 2 aromatic rings. The van der Waals surface area contributed by atoms with Crippen molar-refractivity contribution in [3.05, 3.63) is 60.2 Å². The van der Waals surface area contributed by atoms with Gasteiger partial charge in [-0.1, -0.05) is 48.5 Å². The second-order valence-electron chi connectivity index (χ2n) is 5.92. The molecule has 2 aromatic carbocycles. The van der Waals surface area contributed by atoms with Crippen LogP contribution in [0, 0.1) is 5.92 Å². The lowest BCUT2D eigenvalue weighted by molar-refractivity contribution is 0.0629. The van der Waals surface area contributed by atoms with Gasteiger partial charge in [0, 0.05) is 12.6 Å². The third kappa shape index (κ3) is 2.90. The fourth-order valence-corrected chi connectivity index (χ4v) is 2.95. The van der Waals surface area contributed by atoms with Crippen molar-refractivity contribution in [3.63, 3.8) is 0 Å². The summed E-state index contributed by atoms with van der Waals surface area (Å²) in [5.41, 5.74) is 2.66. The molecule has 1 unspecified atom stereocenters. The molecule has 0 spiro atoms. The molecular formula is C19H21NO2. The molecule has 1 amide bonds. The number of aliphatic hydroxyl groups is 1. The Morgan fingerprint density at radius 1 is 1.14 bits per heavy atom. The van der Waals surface area contributed by atoms with E-state index < -0.39 is 0 Å². The molecular weight excluding hydrogens is 274 g/mol. The summed E-state index contributed by atoms with van der Waals surface area (Å²) in [5, 5.41) is 9.60. The van der Waals surface area contributed by atoms with Crippen molar-refractivity contribution in [1.82, 2.24) is 4.90 Å². The van der Waals surface area contributed by atoms with Gasteiger partial charge in [0.2, 0.25) is 0 Å². The second-order valence-corrected chi connectivity index (χ2v) is 5.92. The molecule has 1 aliphatic rings. The fourth-order valence-electron chi connectivity index (χ4n) is 2.95. The predicted molar refractivity (Wildman–Crippen MR) is 87.6 cm³/mol. The Kier molecular flexibility index (Phi) is 4.25. The van der Waals surface area contributed by atoms with E-state index in [1.807, 2.05) is 54.6 Å². The van der Waals surface area contributed by atoms with E-state index in [2.05, 4.69) is 0 Å². The highest BCUT2D eigenvalue weighted by Crippen LogP contribution is 2.35. The molecule has 3 nitrogen and oxygen atoms in total. The molecule has 22 heavy (non-hydrogen) atoms. The van der Waals surface area contributed by atoms with Crippen LogP contribution in [0.15, 0.2) is 54.6 Å². The van der Waals surface area contributed by atoms with Gasteiger partial charge in [0.15, 0.2) is 0 Å². The van der Waals surface area contributed by atoms with E-state index in [1.54, 1.807) is 11.9 Å². The molecule has 0 radical (unpaired) electrons. The third-order valence-electron chi connectivity index (χ3n) is 4.41. The number of likely N-dealkylation sites (N-methyl/N-ethyl adjacent to an activating group) is 1. The largest absolute Gasteiger partial charge is 0.394 e. The number of aliphatic hydroxyl groups excluding tert-OH is 1. The molecule has 114 valence electrons. The van der Waals surface area contributed by atoms with E-state index in [0.717, 1.165) is 24.0 Å². The van der Waals surface area contributed by atoms with Crippen LogP contribution in [-0.2, 0) is 0 Å². The van der Waals surface area contributed by atoms with E-state index in [1.165, 1.54) is 0 Å². The highest BCUT2D eigenvalue weighted by atomic mass is 16.3. The maximum Gasteiger partial charge on any atom is 0.254 e. The smallest absolute Gasteiger partial charge is 0.254 e. The van der Waals surface area contributed by atoms with Gasteiger partial charge in [-0.25, -0.2) is 0 Å². The van der Waals surface area contributed by atoms with Crippen LogP contribution in [0.25, 0.3) is 11.1 Å². The minimum absolute atomic E-state index is 0.0228. The lowest BCUT2D eigenvalue weighted by atomic mass is 9.98. The minimum Gasteiger partial charge on any atom is -0.394 e. The third-order valence-corrected chi connectivity index (χ3v) is 4.41. The van der Waals surface area contributed by atoms with Gasteiger partial charge in [0.05, 0.1) is 12.6 Å². The van der Waals surface area contributed by atoms with Crippen molar-refractivity contribution in [2.45, 2.75) is 18.9 Å². The number of nitrogens with zero attached hydrogens (tertiary/aromatic N) is 1. The lowest BCUT2D eigenvalue weighted by Crippen LogP contribution is -2.41. The first-order chi connectivity index (χ1) is 10.7. The molecule has 0 heterocycles. The number of hydrogen-bond donors (Lipinski definition) is 1. The van der Waals surface area contributed by atoms with Crippen molar-refractivity contribution in [1.29, 1.82) is 0 Å². The Morgan fingerprint density at radius 3 is 2.41 bits per heavy atom. The summed E-state index contributed by atoms with van der Waals surface area (Å²) in [6.45, 7) is 0.0282. The Balaban J connectivity index is 1.93. The molecule has 1 atom stereocenters. The summed E-state index contributed by atoms with van der Waals surface area (Å²) in [7, 11) is 1.79. The monoisotopic (exact) mass is 295 g/mol. The van der Waals surface area contributed by atoms with Crippen LogP contribution in [-0.4, -0.2) is 35.6 Å². The van der Waals surface area contributed by atoms with Gasteiger partial charge in [-0.2, -0.15) is 0 Å². The van der Waals surface area contributed by atoms with Crippen molar-refractivity contribution in [2.75, 3.05) is 13.7 Å². The summed E-state index contributed by atoms with van der Waals surface area (Å²) < 4.78 is 0. The summed E-state index contributed by atoms with van der Waals surface area (Å²) in [5.74, 6) is 0.424. The average molecular weight is 295 g/mol. The first-order valence-corrected chi connectivity index (χ1v) is 7.75. The Bertz CT molecular complexity index is 649. The van der Waals surface area contributed by atoms with E-state index >= 15 is 0 Å². The topological polar surface area (TPSA) is 40.5 Å². The van der Waals surface area contributed by atoms with E-state index in [0.29, 0.717) is 11.5 Å². The average Bonchev–Trinajstić information content (AvgIpc) is 3.40. The van der Waals surface area contributed by atoms with Crippen LogP contribution >= 0.6 is 0 Å². The van der Waals surface area contributed by atoms with Gasteiger partial charge in [-0.3, -0.25) is 4.79 Å². The molecule has 0 aromatic heterocycles. The summed E-state index contributed by atoms with van der Waals surface area (Å²) in [6.07, 6.45) is 2.20. The van der Waals surface area contributed by atoms with Gasteiger partial charge in [0.1, 0.15) is 0 Å². The number of rotatable bonds is 5. The SMILES string of the molecule is CN(C(=O)c1ccccc1-c1ccccc1)C(CO)C1CC1. The van der Waals surface area contributed by atoms with Crippen LogP contribution in [0.4, 0.5) is 0 Å². The fraction of sp³-hybridized carbons (Fsp3) is 0.316. The number of hydrogen-bond acceptors (Lipinski definition) is 2. The van der Waals surface area contributed by atoms with Gasteiger partial charge >= 0.3 is 0 Å². The van der Waals surface area contributed by atoms with Crippen LogP contribution in [0.1, 0.15) is 23.2 Å². The number of benzene rings is 2. The van der Waals surface area contributed by atoms with Crippen molar-refractivity contribution < 1.29 is 9.90 Å². The number of carbonyl (C=O) groups is 1. The van der Waals surface area contributed by atoms with Gasteiger partial charge in [-0.05, 0) is 36.0 Å². The quantitative estimate of drug-likeness (QED) is 0.920. The van der Waals surface area contributed by atoms with Gasteiger partial charge < -0.3 is 10.0 Å². The highest BCUT2D eigenvalue weighted by Gasteiger charge is 2.35. The van der Waals surface area contributed by atoms with E-state index in [9.17, 15) is 9.90 Å². The molecule has 3 rings (SSSR count). The molecule has 0 bridgehead atoms.